The summed E-state index contributed by atoms with van der Waals surface area (Å²) in [7, 11) is -3.73. The smallest absolute Gasteiger partial charge is 0.335 e. The summed E-state index contributed by atoms with van der Waals surface area (Å²) in [5.41, 5.74) is -0.0562. The third-order valence-corrected chi connectivity index (χ3v) is 4.71. The van der Waals surface area contributed by atoms with Gasteiger partial charge in [-0.15, -0.1) is 0 Å². The zero-order valence-corrected chi connectivity index (χ0v) is 13.2. The minimum atomic E-state index is -3.73. The highest BCUT2D eigenvalue weighted by molar-refractivity contribution is 7.90. The summed E-state index contributed by atoms with van der Waals surface area (Å²) < 4.78 is 23.5. The molecule has 1 N–H and O–H groups in total. The zero-order chi connectivity index (χ0) is 17.6. The number of imide groups is 1. The largest absolute Gasteiger partial charge is 0.478 e. The van der Waals surface area contributed by atoms with Crippen molar-refractivity contribution < 1.29 is 27.9 Å². The number of carbonyl (C=O) groups excluding carboxylic acids is 2. The zero-order valence-electron chi connectivity index (χ0n) is 12.4. The van der Waals surface area contributed by atoms with Crippen molar-refractivity contribution in [3.05, 3.63) is 59.2 Å². The van der Waals surface area contributed by atoms with Crippen molar-refractivity contribution >= 4 is 33.3 Å². The molecule has 2 aromatic rings. The van der Waals surface area contributed by atoms with E-state index in [2.05, 4.69) is 0 Å². The molecule has 122 valence electrons. The minimum Gasteiger partial charge on any atom is -0.478 e. The number of hydrogen-bond donors (Lipinski definition) is 1. The number of amides is 2. The van der Waals surface area contributed by atoms with Crippen molar-refractivity contribution in [1.82, 2.24) is 0 Å². The van der Waals surface area contributed by atoms with Crippen molar-refractivity contribution in [2.75, 3.05) is 11.2 Å². The van der Waals surface area contributed by atoms with Gasteiger partial charge >= 0.3 is 5.97 Å². The van der Waals surface area contributed by atoms with Gasteiger partial charge in [0.05, 0.1) is 27.3 Å². The van der Waals surface area contributed by atoms with Crippen molar-refractivity contribution in [2.45, 2.75) is 4.90 Å². The molecule has 2 aromatic carbocycles. The summed E-state index contributed by atoms with van der Waals surface area (Å²) in [5.74, 6) is -2.62. The van der Waals surface area contributed by atoms with Crippen LogP contribution in [0.3, 0.4) is 0 Å². The van der Waals surface area contributed by atoms with Crippen LogP contribution in [0.5, 0.6) is 0 Å². The normalized spacial score (nSPS) is 14.0. The predicted molar refractivity (Wildman–Crippen MR) is 84.1 cm³/mol. The summed E-state index contributed by atoms with van der Waals surface area (Å²) in [6, 6.07) is 9.36. The highest BCUT2D eigenvalue weighted by atomic mass is 32.2. The third kappa shape index (κ3) is 2.46. The number of hydrogen-bond acceptors (Lipinski definition) is 5. The first-order chi connectivity index (χ1) is 11.2. The van der Waals surface area contributed by atoms with Crippen molar-refractivity contribution in [1.29, 1.82) is 0 Å². The molecule has 1 aliphatic heterocycles. The molecule has 0 unspecified atom stereocenters. The van der Waals surface area contributed by atoms with E-state index in [-0.39, 0.29) is 27.3 Å². The molecule has 1 heterocycles. The van der Waals surface area contributed by atoms with Gasteiger partial charge in [0, 0.05) is 6.26 Å². The van der Waals surface area contributed by atoms with Crippen LogP contribution in [-0.2, 0) is 9.84 Å². The second-order valence-electron chi connectivity index (χ2n) is 5.28. The van der Waals surface area contributed by atoms with Gasteiger partial charge in [-0.3, -0.25) is 9.59 Å². The fourth-order valence-corrected chi connectivity index (χ4v) is 3.15. The second kappa shape index (κ2) is 5.27. The SMILES string of the molecule is CS(=O)(=O)c1cc(C(=O)O)cc(N2C(=O)c3ccccc3C2=O)c1. The van der Waals surface area contributed by atoms with Gasteiger partial charge in [-0.1, -0.05) is 12.1 Å². The number of anilines is 1. The molecule has 7 nitrogen and oxygen atoms in total. The maximum Gasteiger partial charge on any atom is 0.335 e. The molecule has 0 spiro atoms. The number of carbonyl (C=O) groups is 3. The highest BCUT2D eigenvalue weighted by Crippen LogP contribution is 2.30. The van der Waals surface area contributed by atoms with E-state index in [1.807, 2.05) is 0 Å². The quantitative estimate of drug-likeness (QED) is 0.846. The van der Waals surface area contributed by atoms with Gasteiger partial charge in [0.25, 0.3) is 11.8 Å². The van der Waals surface area contributed by atoms with Crippen LogP contribution < -0.4 is 4.90 Å². The lowest BCUT2D eigenvalue weighted by Gasteiger charge is -2.15. The number of benzene rings is 2. The van der Waals surface area contributed by atoms with Crippen LogP contribution in [0.25, 0.3) is 0 Å². The number of rotatable bonds is 3. The average Bonchev–Trinajstić information content (AvgIpc) is 2.78. The van der Waals surface area contributed by atoms with Crippen LogP contribution in [0.1, 0.15) is 31.1 Å². The van der Waals surface area contributed by atoms with Crippen LogP contribution >= 0.6 is 0 Å². The van der Waals surface area contributed by atoms with Crippen molar-refractivity contribution in [3.8, 4) is 0 Å². The Morgan fingerprint density at radius 3 is 2.00 bits per heavy atom. The molecule has 0 fully saturated rings. The number of fused-ring (bicyclic) bond motifs is 1. The molecule has 2 amide bonds. The molecule has 1 aliphatic rings. The van der Waals surface area contributed by atoms with Gasteiger partial charge in [-0.25, -0.2) is 18.1 Å². The van der Waals surface area contributed by atoms with E-state index in [4.69, 9.17) is 5.11 Å². The molecule has 0 aliphatic carbocycles. The summed E-state index contributed by atoms with van der Waals surface area (Å²) >= 11 is 0. The van der Waals surface area contributed by atoms with E-state index in [0.29, 0.717) is 0 Å². The Balaban J connectivity index is 2.21. The highest BCUT2D eigenvalue weighted by Gasteiger charge is 2.37. The lowest BCUT2D eigenvalue weighted by molar-refractivity contribution is 0.0695. The monoisotopic (exact) mass is 345 g/mol. The van der Waals surface area contributed by atoms with Crippen molar-refractivity contribution in [3.63, 3.8) is 0 Å². The van der Waals surface area contributed by atoms with Gasteiger partial charge in [0.15, 0.2) is 9.84 Å². The van der Waals surface area contributed by atoms with Crippen molar-refractivity contribution in [2.24, 2.45) is 0 Å². The van der Waals surface area contributed by atoms with E-state index in [1.165, 1.54) is 12.1 Å². The average molecular weight is 345 g/mol. The van der Waals surface area contributed by atoms with E-state index < -0.39 is 27.6 Å². The minimum absolute atomic E-state index is 0.0958. The number of carboxylic acid groups (broad SMARTS) is 1. The molecular weight excluding hydrogens is 334 g/mol. The van der Waals surface area contributed by atoms with Crippen LogP contribution in [0.4, 0.5) is 5.69 Å². The summed E-state index contributed by atoms with van der Waals surface area (Å²) in [4.78, 5) is 36.7. The third-order valence-electron chi connectivity index (χ3n) is 3.62. The number of sulfone groups is 1. The Bertz CT molecular complexity index is 974. The number of nitrogens with zero attached hydrogens (tertiary/aromatic N) is 1. The van der Waals surface area contributed by atoms with Crippen LogP contribution in [0.2, 0.25) is 0 Å². The Hall–Kier alpha value is -3.00. The maximum atomic E-state index is 12.5. The Morgan fingerprint density at radius 2 is 1.54 bits per heavy atom. The standard InChI is InChI=1S/C16H11NO6S/c1-24(22,23)11-7-9(16(20)21)6-10(8-11)17-14(18)12-4-2-3-5-13(12)15(17)19/h2-8H,1H3,(H,20,21). The van der Waals surface area contributed by atoms with Gasteiger partial charge < -0.3 is 5.11 Å². The van der Waals surface area contributed by atoms with E-state index in [0.717, 1.165) is 29.4 Å². The lowest BCUT2D eigenvalue weighted by Crippen LogP contribution is -2.29. The second-order valence-corrected chi connectivity index (χ2v) is 7.30. The molecule has 0 atom stereocenters. The van der Waals surface area contributed by atoms with Crippen LogP contribution in [-0.4, -0.2) is 37.6 Å². The van der Waals surface area contributed by atoms with E-state index >= 15 is 0 Å². The number of carboxylic acids is 1. The molecule has 8 heteroatoms. The first-order valence-corrected chi connectivity index (χ1v) is 8.65. The predicted octanol–water partition coefficient (Wildman–Crippen LogP) is 1.59. The molecule has 0 bridgehead atoms. The number of aromatic carboxylic acids is 1. The molecule has 0 saturated carbocycles. The maximum absolute atomic E-state index is 12.5. The molecule has 0 saturated heterocycles. The molecule has 3 rings (SSSR count). The van der Waals surface area contributed by atoms with Gasteiger partial charge in [-0.2, -0.15) is 0 Å². The molecular formula is C16H11NO6S. The Kier molecular flexibility index (Phi) is 3.49. The fraction of sp³-hybridized carbons (Fsp3) is 0.0625. The summed E-state index contributed by atoms with van der Waals surface area (Å²) in [5, 5.41) is 9.16. The lowest BCUT2D eigenvalue weighted by atomic mass is 10.1. The summed E-state index contributed by atoms with van der Waals surface area (Å²) in [6.07, 6.45) is 0.917. The first-order valence-electron chi connectivity index (χ1n) is 6.76. The van der Waals surface area contributed by atoms with Gasteiger partial charge in [0.2, 0.25) is 0 Å². The topological polar surface area (TPSA) is 109 Å². The molecule has 0 aromatic heterocycles. The fourth-order valence-electron chi connectivity index (χ4n) is 2.47. The Labute approximate surface area is 137 Å². The Morgan fingerprint density at radius 1 is 1.00 bits per heavy atom. The summed E-state index contributed by atoms with van der Waals surface area (Å²) in [6.45, 7) is 0. The van der Waals surface area contributed by atoms with E-state index in [1.54, 1.807) is 12.1 Å². The van der Waals surface area contributed by atoms with Crippen LogP contribution in [0, 0.1) is 0 Å². The van der Waals surface area contributed by atoms with E-state index in [9.17, 15) is 22.8 Å². The van der Waals surface area contributed by atoms with Gasteiger partial charge in [0.1, 0.15) is 0 Å². The molecule has 0 radical (unpaired) electrons. The molecule has 24 heavy (non-hydrogen) atoms. The first kappa shape index (κ1) is 15.9. The van der Waals surface area contributed by atoms with Gasteiger partial charge in [-0.05, 0) is 30.3 Å². The van der Waals surface area contributed by atoms with Crippen LogP contribution in [0.15, 0.2) is 47.4 Å².